The minimum atomic E-state index is -0.514. The molecule has 0 aromatic carbocycles. The molecule has 0 aliphatic carbocycles. The first-order valence-corrected chi connectivity index (χ1v) is 6.42. The van der Waals surface area contributed by atoms with E-state index in [2.05, 4.69) is 22.2 Å². The molecule has 0 saturated carbocycles. The van der Waals surface area contributed by atoms with E-state index in [1.54, 1.807) is 0 Å². The zero-order valence-electron chi connectivity index (χ0n) is 9.71. The lowest BCUT2D eigenvalue weighted by molar-refractivity contribution is 0.153. The Bertz CT molecular complexity index is 208. The second-order valence-electron chi connectivity index (χ2n) is 3.05. The Morgan fingerprint density at radius 3 is 2.73 bits per heavy atom. The SMILES string of the molecule is CCCCSCC(CC)=NOC(=O)NC. The summed E-state index contributed by atoms with van der Waals surface area (Å²) >= 11 is 1.83. The summed E-state index contributed by atoms with van der Waals surface area (Å²) in [6.45, 7) is 4.18. The standard InChI is InChI=1S/C10H20N2O2S/c1-4-6-7-15-8-9(5-2)12-14-10(13)11-3/h4-8H2,1-3H3,(H,11,13). The monoisotopic (exact) mass is 232 g/mol. The maximum absolute atomic E-state index is 10.8. The van der Waals surface area contributed by atoms with Gasteiger partial charge in [0.25, 0.3) is 0 Å². The summed E-state index contributed by atoms with van der Waals surface area (Å²) < 4.78 is 0. The topological polar surface area (TPSA) is 50.7 Å². The first-order valence-electron chi connectivity index (χ1n) is 5.26. The second-order valence-corrected chi connectivity index (χ2v) is 4.15. The highest BCUT2D eigenvalue weighted by Gasteiger charge is 2.00. The number of amides is 1. The minimum Gasteiger partial charge on any atom is -0.323 e. The van der Waals surface area contributed by atoms with Crippen molar-refractivity contribution in [1.29, 1.82) is 0 Å². The number of hydrogen-bond donors (Lipinski definition) is 1. The molecule has 0 atom stereocenters. The average molecular weight is 232 g/mol. The lowest BCUT2D eigenvalue weighted by atomic mass is 10.3. The lowest BCUT2D eigenvalue weighted by Gasteiger charge is -2.02. The van der Waals surface area contributed by atoms with E-state index in [1.165, 1.54) is 19.9 Å². The van der Waals surface area contributed by atoms with Crippen LogP contribution in [0.15, 0.2) is 5.16 Å². The van der Waals surface area contributed by atoms with Gasteiger partial charge in [0.05, 0.1) is 5.71 Å². The van der Waals surface area contributed by atoms with E-state index in [0.29, 0.717) is 0 Å². The Balaban J connectivity index is 3.75. The molecule has 0 bridgehead atoms. The quantitative estimate of drug-likeness (QED) is 0.318. The fraction of sp³-hybridized carbons (Fsp3) is 0.800. The number of unbranched alkanes of at least 4 members (excludes halogenated alkanes) is 1. The van der Waals surface area contributed by atoms with Crippen LogP contribution in [0.2, 0.25) is 0 Å². The van der Waals surface area contributed by atoms with Gasteiger partial charge in [0.1, 0.15) is 0 Å². The van der Waals surface area contributed by atoms with Gasteiger partial charge in [-0.15, -0.1) is 0 Å². The first-order chi connectivity index (χ1) is 7.24. The number of nitrogens with one attached hydrogen (secondary N) is 1. The summed E-state index contributed by atoms with van der Waals surface area (Å²) in [5.74, 6) is 1.98. The van der Waals surface area contributed by atoms with Crippen LogP contribution in [-0.2, 0) is 4.84 Å². The van der Waals surface area contributed by atoms with Crippen molar-refractivity contribution in [1.82, 2.24) is 5.32 Å². The van der Waals surface area contributed by atoms with E-state index >= 15 is 0 Å². The molecule has 0 fully saturated rings. The number of nitrogens with zero attached hydrogens (tertiary/aromatic N) is 1. The van der Waals surface area contributed by atoms with Crippen LogP contribution in [0.4, 0.5) is 4.79 Å². The number of hydrogen-bond acceptors (Lipinski definition) is 4. The number of oxime groups is 1. The molecule has 0 saturated heterocycles. The summed E-state index contributed by atoms with van der Waals surface area (Å²) in [4.78, 5) is 15.4. The van der Waals surface area contributed by atoms with E-state index in [1.807, 2.05) is 18.7 Å². The largest absolute Gasteiger partial charge is 0.433 e. The Labute approximate surface area is 95.8 Å². The fourth-order valence-corrected chi connectivity index (χ4v) is 1.91. The molecule has 0 aliphatic rings. The average Bonchev–Trinajstić information content (AvgIpc) is 2.27. The third kappa shape index (κ3) is 8.30. The van der Waals surface area contributed by atoms with E-state index in [4.69, 9.17) is 0 Å². The molecule has 88 valence electrons. The highest BCUT2D eigenvalue weighted by molar-refractivity contribution is 7.99. The Morgan fingerprint density at radius 2 is 2.20 bits per heavy atom. The zero-order chi connectivity index (χ0) is 11.5. The first kappa shape index (κ1) is 14.3. The number of carbonyl (C=O) groups excluding carboxylic acids is 1. The molecule has 0 heterocycles. The van der Waals surface area contributed by atoms with E-state index in [9.17, 15) is 4.79 Å². The smallest absolute Gasteiger partial charge is 0.323 e. The van der Waals surface area contributed by atoms with Gasteiger partial charge in [-0.05, 0) is 18.6 Å². The molecule has 0 spiro atoms. The van der Waals surface area contributed by atoms with Gasteiger partial charge in [0.2, 0.25) is 0 Å². The molecule has 0 aromatic rings. The van der Waals surface area contributed by atoms with Gasteiger partial charge in [-0.25, -0.2) is 4.79 Å². The lowest BCUT2D eigenvalue weighted by Crippen LogP contribution is -2.17. The Morgan fingerprint density at radius 1 is 1.47 bits per heavy atom. The summed E-state index contributed by atoms with van der Waals surface area (Å²) in [5, 5.41) is 6.14. The van der Waals surface area contributed by atoms with Crippen LogP contribution in [0.1, 0.15) is 33.1 Å². The van der Waals surface area contributed by atoms with Crippen LogP contribution in [0.25, 0.3) is 0 Å². The van der Waals surface area contributed by atoms with Crippen LogP contribution in [0.3, 0.4) is 0 Å². The van der Waals surface area contributed by atoms with Crippen molar-refractivity contribution in [2.24, 2.45) is 5.16 Å². The molecule has 4 nitrogen and oxygen atoms in total. The molecular weight excluding hydrogens is 212 g/mol. The van der Waals surface area contributed by atoms with E-state index < -0.39 is 6.09 Å². The van der Waals surface area contributed by atoms with Crippen molar-refractivity contribution >= 4 is 23.6 Å². The summed E-state index contributed by atoms with van der Waals surface area (Å²) in [5.41, 5.74) is 0.916. The van der Waals surface area contributed by atoms with Crippen LogP contribution in [-0.4, -0.2) is 30.4 Å². The van der Waals surface area contributed by atoms with Gasteiger partial charge in [0, 0.05) is 12.8 Å². The van der Waals surface area contributed by atoms with Gasteiger partial charge < -0.3 is 5.32 Å². The van der Waals surface area contributed by atoms with E-state index in [-0.39, 0.29) is 0 Å². The van der Waals surface area contributed by atoms with Crippen LogP contribution in [0.5, 0.6) is 0 Å². The van der Waals surface area contributed by atoms with Gasteiger partial charge in [-0.2, -0.15) is 11.8 Å². The fourth-order valence-electron chi connectivity index (χ4n) is 0.781. The van der Waals surface area contributed by atoms with Gasteiger partial charge >= 0.3 is 6.09 Å². The molecule has 1 amide bonds. The van der Waals surface area contributed by atoms with Crippen LogP contribution >= 0.6 is 11.8 Å². The molecule has 1 N–H and O–H groups in total. The number of rotatable bonds is 7. The van der Waals surface area contributed by atoms with Crippen molar-refractivity contribution in [3.05, 3.63) is 0 Å². The highest BCUT2D eigenvalue weighted by Crippen LogP contribution is 2.06. The van der Waals surface area contributed by atoms with Crippen molar-refractivity contribution in [3.8, 4) is 0 Å². The van der Waals surface area contributed by atoms with Crippen LogP contribution < -0.4 is 5.32 Å². The third-order valence-electron chi connectivity index (χ3n) is 1.78. The predicted octanol–water partition coefficient (Wildman–Crippen LogP) is 2.64. The molecule has 15 heavy (non-hydrogen) atoms. The molecule has 0 unspecified atom stereocenters. The Kier molecular flexibility index (Phi) is 9.36. The maximum atomic E-state index is 10.8. The zero-order valence-corrected chi connectivity index (χ0v) is 10.5. The normalized spacial score (nSPS) is 11.3. The number of carbonyl (C=O) groups is 1. The van der Waals surface area contributed by atoms with Crippen molar-refractivity contribution in [3.63, 3.8) is 0 Å². The Hall–Kier alpha value is -0.710. The molecule has 0 rings (SSSR count). The highest BCUT2D eigenvalue weighted by atomic mass is 32.2. The second kappa shape index (κ2) is 9.83. The van der Waals surface area contributed by atoms with Crippen LogP contribution in [0, 0.1) is 0 Å². The van der Waals surface area contributed by atoms with Gasteiger partial charge in [-0.1, -0.05) is 25.4 Å². The van der Waals surface area contributed by atoms with Gasteiger partial charge in [-0.3, -0.25) is 4.84 Å². The third-order valence-corrected chi connectivity index (χ3v) is 2.90. The number of thioether (sulfide) groups is 1. The van der Waals surface area contributed by atoms with Crippen molar-refractivity contribution < 1.29 is 9.63 Å². The summed E-state index contributed by atoms with van der Waals surface area (Å²) in [7, 11) is 1.51. The molecule has 0 aliphatic heterocycles. The molecule has 0 radical (unpaired) electrons. The maximum Gasteiger partial charge on any atom is 0.433 e. The minimum absolute atomic E-state index is 0.514. The molecule has 5 heteroatoms. The van der Waals surface area contributed by atoms with E-state index in [0.717, 1.165) is 23.6 Å². The summed E-state index contributed by atoms with van der Waals surface area (Å²) in [6, 6.07) is 0. The van der Waals surface area contributed by atoms with Gasteiger partial charge in [0.15, 0.2) is 0 Å². The van der Waals surface area contributed by atoms with Crippen molar-refractivity contribution in [2.75, 3.05) is 18.6 Å². The predicted molar refractivity (Wildman–Crippen MR) is 65.5 cm³/mol. The molecular formula is C10H20N2O2S. The van der Waals surface area contributed by atoms with Crippen molar-refractivity contribution in [2.45, 2.75) is 33.1 Å². The molecule has 0 aromatic heterocycles. The summed E-state index contributed by atoms with van der Waals surface area (Å²) in [6.07, 6.45) is 2.73.